The zero-order valence-corrected chi connectivity index (χ0v) is 19.8. The largest absolute Gasteiger partial charge is 0.493 e. The molecular formula is C25H25N5O5. The first-order chi connectivity index (χ1) is 17.0. The van der Waals surface area contributed by atoms with Crippen molar-refractivity contribution in [3.05, 3.63) is 59.8 Å². The number of nitrogens with zero attached hydrogens (tertiary/aromatic N) is 3. The fourth-order valence-corrected chi connectivity index (χ4v) is 3.92. The Kier molecular flexibility index (Phi) is 6.78. The fourth-order valence-electron chi connectivity index (χ4n) is 3.92. The molecule has 4 aromatic rings. The Hall–Kier alpha value is -4.65. The van der Waals surface area contributed by atoms with Crippen LogP contribution in [0.4, 0.5) is 5.82 Å². The highest BCUT2D eigenvalue weighted by atomic mass is 16.5. The normalized spacial score (nSPS) is 11.5. The number of fused-ring (bicyclic) bond motifs is 1. The molecule has 0 bridgehead atoms. The van der Waals surface area contributed by atoms with Crippen molar-refractivity contribution in [2.75, 3.05) is 33.8 Å². The highest BCUT2D eigenvalue weighted by Gasteiger charge is 2.26. The number of imidazole rings is 1. The van der Waals surface area contributed by atoms with Crippen molar-refractivity contribution in [1.29, 1.82) is 5.26 Å². The second-order valence-electron chi connectivity index (χ2n) is 7.60. The number of methoxy groups -OCH3 is 4. The molecule has 0 amide bonds. The summed E-state index contributed by atoms with van der Waals surface area (Å²) in [5.74, 6) is 1.39. The van der Waals surface area contributed by atoms with E-state index in [1.54, 1.807) is 16.6 Å². The number of aromatic amines is 1. The number of hydrogen-bond acceptors (Lipinski definition) is 8. The maximum absolute atomic E-state index is 12.7. The van der Waals surface area contributed by atoms with Crippen molar-refractivity contribution in [2.45, 2.75) is 12.5 Å². The molecule has 0 aliphatic carbocycles. The van der Waals surface area contributed by atoms with Gasteiger partial charge in [0.2, 0.25) is 5.75 Å². The first-order valence-corrected chi connectivity index (χ1v) is 10.7. The van der Waals surface area contributed by atoms with Gasteiger partial charge in [-0.3, -0.25) is 0 Å². The number of carbonyl (C=O) groups excluding carboxylic acids is 1. The van der Waals surface area contributed by atoms with Crippen LogP contribution in [0.2, 0.25) is 0 Å². The molecule has 2 N–H and O–H groups in total. The fraction of sp³-hybridized carbons (Fsp3) is 0.240. The van der Waals surface area contributed by atoms with E-state index in [1.807, 2.05) is 30.3 Å². The van der Waals surface area contributed by atoms with Crippen LogP contribution < -0.4 is 19.5 Å². The first-order valence-electron chi connectivity index (χ1n) is 10.7. The highest BCUT2D eigenvalue weighted by Crippen LogP contribution is 2.42. The van der Waals surface area contributed by atoms with Crippen LogP contribution in [0.5, 0.6) is 17.2 Å². The predicted molar refractivity (Wildman–Crippen MR) is 129 cm³/mol. The summed E-state index contributed by atoms with van der Waals surface area (Å²) in [7, 11) is 5.93. The average Bonchev–Trinajstić information content (AvgIpc) is 3.47. The molecule has 1 atom stereocenters. The summed E-state index contributed by atoms with van der Waals surface area (Å²) in [5, 5.41) is 17.2. The molecule has 10 heteroatoms. The quantitative estimate of drug-likeness (QED) is 0.353. The van der Waals surface area contributed by atoms with Gasteiger partial charge in [0, 0.05) is 12.0 Å². The monoisotopic (exact) mass is 475 g/mol. The number of benzene rings is 2. The maximum atomic E-state index is 12.7. The van der Waals surface area contributed by atoms with Gasteiger partial charge >= 0.3 is 5.97 Å². The third-order valence-corrected chi connectivity index (χ3v) is 5.61. The Bertz CT molecular complexity index is 1360. The topological polar surface area (TPSA) is 123 Å². The van der Waals surface area contributed by atoms with Crippen LogP contribution in [0.25, 0.3) is 16.9 Å². The maximum Gasteiger partial charge on any atom is 0.328 e. The zero-order chi connectivity index (χ0) is 24.9. The minimum absolute atomic E-state index is 0.351. The van der Waals surface area contributed by atoms with Gasteiger partial charge in [0.05, 0.1) is 40.3 Å². The van der Waals surface area contributed by atoms with E-state index in [9.17, 15) is 10.1 Å². The molecule has 35 heavy (non-hydrogen) atoms. The lowest BCUT2D eigenvalue weighted by atomic mass is 10.1. The molecule has 0 saturated heterocycles. The Morgan fingerprint density at radius 1 is 1.11 bits per heavy atom. The Labute approximate surface area is 202 Å². The van der Waals surface area contributed by atoms with Crippen LogP contribution in [0, 0.1) is 11.3 Å². The molecule has 2 aromatic carbocycles. The van der Waals surface area contributed by atoms with Crippen LogP contribution >= 0.6 is 0 Å². The van der Waals surface area contributed by atoms with Crippen LogP contribution in [0.1, 0.15) is 11.1 Å². The molecular weight excluding hydrogens is 450 g/mol. The van der Waals surface area contributed by atoms with Crippen molar-refractivity contribution < 1.29 is 23.7 Å². The number of anilines is 1. The molecule has 0 aliphatic rings. The zero-order valence-electron chi connectivity index (χ0n) is 19.8. The van der Waals surface area contributed by atoms with E-state index in [2.05, 4.69) is 21.5 Å². The van der Waals surface area contributed by atoms with Crippen molar-refractivity contribution in [2.24, 2.45) is 0 Å². The Balaban J connectivity index is 1.87. The summed E-state index contributed by atoms with van der Waals surface area (Å²) in [6.07, 6.45) is 1.83. The van der Waals surface area contributed by atoms with E-state index in [-0.39, 0.29) is 0 Å². The minimum Gasteiger partial charge on any atom is -0.493 e. The van der Waals surface area contributed by atoms with E-state index in [0.717, 1.165) is 5.56 Å². The lowest BCUT2D eigenvalue weighted by Crippen LogP contribution is -2.33. The minimum atomic E-state index is -0.725. The van der Waals surface area contributed by atoms with Crippen LogP contribution in [0.15, 0.2) is 48.7 Å². The third-order valence-electron chi connectivity index (χ3n) is 5.61. The number of nitrogens with one attached hydrogen (secondary N) is 2. The summed E-state index contributed by atoms with van der Waals surface area (Å²) in [6.45, 7) is 0. The van der Waals surface area contributed by atoms with Gasteiger partial charge < -0.3 is 29.2 Å². The highest BCUT2D eigenvalue weighted by molar-refractivity contribution is 5.85. The van der Waals surface area contributed by atoms with Crippen molar-refractivity contribution in [3.63, 3.8) is 0 Å². The molecule has 180 valence electrons. The lowest BCUT2D eigenvalue weighted by Gasteiger charge is -2.19. The van der Waals surface area contributed by atoms with Gasteiger partial charge in [-0.05, 0) is 17.7 Å². The van der Waals surface area contributed by atoms with Gasteiger partial charge in [-0.2, -0.15) is 14.9 Å². The van der Waals surface area contributed by atoms with Crippen molar-refractivity contribution >= 4 is 17.4 Å². The number of carbonyl (C=O) groups is 1. The summed E-state index contributed by atoms with van der Waals surface area (Å²) in [5.41, 5.74) is 3.02. The van der Waals surface area contributed by atoms with Gasteiger partial charge in [-0.25, -0.2) is 4.79 Å². The molecule has 0 radical (unpaired) electrons. The van der Waals surface area contributed by atoms with Crippen LogP contribution in [0.3, 0.4) is 0 Å². The van der Waals surface area contributed by atoms with Crippen LogP contribution in [-0.2, 0) is 16.0 Å². The standard InChI is InChI=1S/C25H25N5O5/c1-32-19-11-16(12-20(33-2)22(19)34-3)21-24(30-23(29-21)17(13-26)14-27-30)28-18(25(31)35-4)10-15-8-6-5-7-9-15/h5-9,11-12,14,18,28-29H,10H2,1-4H3/t18-/m0/s1. The van der Waals surface area contributed by atoms with Crippen molar-refractivity contribution in [1.82, 2.24) is 14.6 Å². The van der Waals surface area contributed by atoms with E-state index < -0.39 is 12.0 Å². The molecule has 2 heterocycles. The van der Waals surface area contributed by atoms with Crippen molar-refractivity contribution in [3.8, 4) is 34.6 Å². The summed E-state index contributed by atoms with van der Waals surface area (Å²) in [4.78, 5) is 16.0. The van der Waals surface area contributed by atoms with Gasteiger partial charge in [0.15, 0.2) is 23.0 Å². The molecule has 0 saturated carbocycles. The molecule has 10 nitrogen and oxygen atoms in total. The van der Waals surface area contributed by atoms with E-state index >= 15 is 0 Å². The third kappa shape index (κ3) is 4.44. The SMILES string of the molecule is COC(=O)[C@H](Cc1ccccc1)Nc1c(-c2cc(OC)c(OC)c(OC)c2)[nH]c2c(C#N)cnn12. The Morgan fingerprint density at radius 2 is 1.80 bits per heavy atom. The lowest BCUT2D eigenvalue weighted by molar-refractivity contribution is -0.141. The summed E-state index contributed by atoms with van der Waals surface area (Å²) < 4.78 is 23.1. The van der Waals surface area contributed by atoms with Gasteiger partial charge in [-0.15, -0.1) is 0 Å². The van der Waals surface area contributed by atoms with E-state index in [4.69, 9.17) is 18.9 Å². The number of aromatic nitrogens is 3. The predicted octanol–water partition coefficient (Wildman–Crippen LogP) is 3.42. The molecule has 0 fully saturated rings. The smallest absolute Gasteiger partial charge is 0.328 e. The summed E-state index contributed by atoms with van der Waals surface area (Å²) in [6, 6.07) is 14.6. The van der Waals surface area contributed by atoms with E-state index in [1.165, 1.54) is 34.6 Å². The molecule has 0 aliphatic heterocycles. The molecule has 0 spiro atoms. The summed E-state index contributed by atoms with van der Waals surface area (Å²) >= 11 is 0. The molecule has 2 aromatic heterocycles. The average molecular weight is 476 g/mol. The second kappa shape index (κ2) is 10.1. The van der Waals surface area contributed by atoms with Gasteiger partial charge in [0.25, 0.3) is 0 Å². The molecule has 4 rings (SSSR count). The number of esters is 1. The molecule has 0 unspecified atom stereocenters. The number of H-pyrrole nitrogens is 1. The second-order valence-corrected chi connectivity index (χ2v) is 7.60. The Morgan fingerprint density at radius 3 is 2.37 bits per heavy atom. The van der Waals surface area contributed by atoms with Gasteiger partial charge in [-0.1, -0.05) is 30.3 Å². The number of ether oxygens (including phenoxy) is 4. The number of rotatable bonds is 9. The number of hydrogen-bond donors (Lipinski definition) is 2. The number of nitriles is 1. The van der Waals surface area contributed by atoms with Gasteiger partial charge in [0.1, 0.15) is 17.7 Å². The van der Waals surface area contributed by atoms with Crippen LogP contribution in [-0.4, -0.2) is 55.0 Å². The van der Waals surface area contributed by atoms with E-state index in [0.29, 0.717) is 52.0 Å². The first kappa shape index (κ1) is 23.5.